The average molecular weight is 238 g/mol. The number of para-hydroxylation sites is 1. The molecule has 1 heteroatoms. The fraction of sp³-hybridized carbons (Fsp3) is 0.294. The van der Waals surface area contributed by atoms with Crippen LogP contribution in [0.2, 0.25) is 0 Å². The SMILES string of the molecule is c1ccc(OCC2CCc3ccccc3C2)cc1. The molecule has 0 amide bonds. The highest BCUT2D eigenvalue weighted by Crippen LogP contribution is 2.25. The quantitative estimate of drug-likeness (QED) is 0.788. The van der Waals surface area contributed by atoms with Gasteiger partial charge in [0.05, 0.1) is 6.61 Å². The predicted octanol–water partition coefficient (Wildman–Crippen LogP) is 3.87. The topological polar surface area (TPSA) is 9.23 Å². The van der Waals surface area contributed by atoms with Gasteiger partial charge in [-0.1, -0.05) is 42.5 Å². The van der Waals surface area contributed by atoms with E-state index in [0.29, 0.717) is 5.92 Å². The van der Waals surface area contributed by atoms with Gasteiger partial charge >= 0.3 is 0 Å². The zero-order chi connectivity index (χ0) is 12.2. The Labute approximate surface area is 108 Å². The van der Waals surface area contributed by atoms with Crippen LogP contribution in [0.1, 0.15) is 17.5 Å². The van der Waals surface area contributed by atoms with Crippen LogP contribution < -0.4 is 4.74 Å². The number of fused-ring (bicyclic) bond motifs is 1. The van der Waals surface area contributed by atoms with E-state index in [2.05, 4.69) is 24.3 Å². The fourth-order valence-corrected chi connectivity index (χ4v) is 2.65. The third-order valence-electron chi connectivity index (χ3n) is 3.68. The maximum atomic E-state index is 5.86. The van der Waals surface area contributed by atoms with Gasteiger partial charge in [0.25, 0.3) is 0 Å². The monoisotopic (exact) mass is 238 g/mol. The summed E-state index contributed by atoms with van der Waals surface area (Å²) < 4.78 is 5.86. The van der Waals surface area contributed by atoms with Gasteiger partial charge in [0.1, 0.15) is 5.75 Å². The second-order valence-electron chi connectivity index (χ2n) is 5.00. The third-order valence-corrected chi connectivity index (χ3v) is 3.68. The molecule has 0 saturated carbocycles. The van der Waals surface area contributed by atoms with Gasteiger partial charge in [0, 0.05) is 0 Å². The molecule has 0 radical (unpaired) electrons. The first-order chi connectivity index (χ1) is 8.92. The molecule has 0 bridgehead atoms. The van der Waals surface area contributed by atoms with E-state index < -0.39 is 0 Å². The Morgan fingerprint density at radius 1 is 0.889 bits per heavy atom. The maximum absolute atomic E-state index is 5.86. The summed E-state index contributed by atoms with van der Waals surface area (Å²) in [6.07, 6.45) is 3.59. The molecule has 1 nitrogen and oxygen atoms in total. The summed E-state index contributed by atoms with van der Waals surface area (Å²) >= 11 is 0. The van der Waals surface area contributed by atoms with E-state index in [0.717, 1.165) is 18.8 Å². The van der Waals surface area contributed by atoms with Crippen molar-refractivity contribution >= 4 is 0 Å². The smallest absolute Gasteiger partial charge is 0.119 e. The summed E-state index contributed by atoms with van der Waals surface area (Å²) in [5.74, 6) is 1.64. The first-order valence-corrected chi connectivity index (χ1v) is 6.66. The van der Waals surface area contributed by atoms with Crippen molar-refractivity contribution in [2.75, 3.05) is 6.61 Å². The van der Waals surface area contributed by atoms with Gasteiger partial charge in [-0.3, -0.25) is 0 Å². The molecule has 1 aliphatic carbocycles. The van der Waals surface area contributed by atoms with Gasteiger partial charge in [-0.2, -0.15) is 0 Å². The standard InChI is InChI=1S/C17H18O/c1-2-8-17(9-3-1)18-13-14-10-11-15-6-4-5-7-16(15)12-14/h1-9,14H,10-13H2. The van der Waals surface area contributed by atoms with Crippen molar-refractivity contribution in [2.45, 2.75) is 19.3 Å². The molecule has 1 aliphatic rings. The first-order valence-electron chi connectivity index (χ1n) is 6.66. The highest BCUT2D eigenvalue weighted by atomic mass is 16.5. The number of hydrogen-bond donors (Lipinski definition) is 0. The lowest BCUT2D eigenvalue weighted by molar-refractivity contribution is 0.234. The zero-order valence-corrected chi connectivity index (χ0v) is 10.5. The summed E-state index contributed by atoms with van der Waals surface area (Å²) in [6, 6.07) is 18.9. The lowest BCUT2D eigenvalue weighted by atomic mass is 9.84. The molecule has 92 valence electrons. The summed E-state index contributed by atoms with van der Waals surface area (Å²) in [5, 5.41) is 0. The van der Waals surface area contributed by atoms with Crippen molar-refractivity contribution in [3.05, 3.63) is 65.7 Å². The lowest BCUT2D eigenvalue weighted by Crippen LogP contribution is -2.20. The largest absolute Gasteiger partial charge is 0.493 e. The van der Waals surface area contributed by atoms with Crippen LogP contribution >= 0.6 is 0 Å². The van der Waals surface area contributed by atoms with Gasteiger partial charge in [0.15, 0.2) is 0 Å². The van der Waals surface area contributed by atoms with E-state index in [4.69, 9.17) is 4.74 Å². The number of ether oxygens (including phenoxy) is 1. The minimum Gasteiger partial charge on any atom is -0.493 e. The molecule has 1 unspecified atom stereocenters. The van der Waals surface area contributed by atoms with Crippen LogP contribution in [-0.2, 0) is 12.8 Å². The molecule has 0 aliphatic heterocycles. The van der Waals surface area contributed by atoms with Gasteiger partial charge in [-0.15, -0.1) is 0 Å². The summed E-state index contributed by atoms with van der Waals surface area (Å²) in [6.45, 7) is 0.832. The van der Waals surface area contributed by atoms with Crippen molar-refractivity contribution in [3.63, 3.8) is 0 Å². The Morgan fingerprint density at radius 2 is 1.61 bits per heavy atom. The Balaban J connectivity index is 1.60. The van der Waals surface area contributed by atoms with Gasteiger partial charge in [-0.05, 0) is 48.4 Å². The Bertz CT molecular complexity index is 504. The molecule has 0 N–H and O–H groups in total. The van der Waals surface area contributed by atoms with Crippen LogP contribution in [0.4, 0.5) is 0 Å². The maximum Gasteiger partial charge on any atom is 0.119 e. The third kappa shape index (κ3) is 2.56. The number of hydrogen-bond acceptors (Lipinski definition) is 1. The van der Waals surface area contributed by atoms with Crippen molar-refractivity contribution in [1.29, 1.82) is 0 Å². The fourth-order valence-electron chi connectivity index (χ4n) is 2.65. The van der Waals surface area contributed by atoms with Crippen LogP contribution in [0.25, 0.3) is 0 Å². The van der Waals surface area contributed by atoms with E-state index in [1.807, 2.05) is 30.3 Å². The van der Waals surface area contributed by atoms with Gasteiger partial charge < -0.3 is 4.74 Å². The summed E-state index contributed by atoms with van der Waals surface area (Å²) in [4.78, 5) is 0. The van der Waals surface area contributed by atoms with E-state index in [-0.39, 0.29) is 0 Å². The molecular weight excluding hydrogens is 220 g/mol. The van der Waals surface area contributed by atoms with Crippen LogP contribution in [-0.4, -0.2) is 6.61 Å². The molecule has 3 rings (SSSR count). The minimum atomic E-state index is 0.653. The van der Waals surface area contributed by atoms with Crippen LogP contribution in [0.5, 0.6) is 5.75 Å². The molecule has 0 fully saturated rings. The van der Waals surface area contributed by atoms with Crippen molar-refractivity contribution < 1.29 is 4.74 Å². The highest BCUT2D eigenvalue weighted by Gasteiger charge is 2.18. The normalized spacial score (nSPS) is 18.1. The average Bonchev–Trinajstić information content (AvgIpc) is 2.46. The predicted molar refractivity (Wildman–Crippen MR) is 73.9 cm³/mol. The Morgan fingerprint density at radius 3 is 2.44 bits per heavy atom. The number of benzene rings is 2. The molecular formula is C17H18O. The van der Waals surface area contributed by atoms with Crippen LogP contribution in [0.15, 0.2) is 54.6 Å². The van der Waals surface area contributed by atoms with E-state index >= 15 is 0 Å². The van der Waals surface area contributed by atoms with Crippen molar-refractivity contribution in [1.82, 2.24) is 0 Å². The molecule has 0 aromatic heterocycles. The van der Waals surface area contributed by atoms with Gasteiger partial charge in [0.2, 0.25) is 0 Å². The van der Waals surface area contributed by atoms with Crippen LogP contribution in [0.3, 0.4) is 0 Å². The highest BCUT2D eigenvalue weighted by molar-refractivity contribution is 5.29. The molecule has 1 atom stereocenters. The molecule has 2 aromatic rings. The Hall–Kier alpha value is -1.76. The Kier molecular flexibility index (Phi) is 3.31. The second-order valence-corrected chi connectivity index (χ2v) is 5.00. The molecule has 2 aromatic carbocycles. The first kappa shape index (κ1) is 11.3. The van der Waals surface area contributed by atoms with Crippen molar-refractivity contribution in [2.24, 2.45) is 5.92 Å². The summed E-state index contributed by atoms with van der Waals surface area (Å²) in [7, 11) is 0. The van der Waals surface area contributed by atoms with E-state index in [1.165, 1.54) is 24.0 Å². The summed E-state index contributed by atoms with van der Waals surface area (Å²) in [5.41, 5.74) is 3.03. The van der Waals surface area contributed by atoms with Crippen LogP contribution in [0, 0.1) is 5.92 Å². The lowest BCUT2D eigenvalue weighted by Gasteiger charge is -2.24. The van der Waals surface area contributed by atoms with Crippen molar-refractivity contribution in [3.8, 4) is 5.75 Å². The second kappa shape index (κ2) is 5.26. The molecule has 0 spiro atoms. The molecule has 18 heavy (non-hydrogen) atoms. The molecule has 0 heterocycles. The van der Waals surface area contributed by atoms with E-state index in [1.54, 1.807) is 0 Å². The van der Waals surface area contributed by atoms with Gasteiger partial charge in [-0.25, -0.2) is 0 Å². The number of rotatable bonds is 3. The minimum absolute atomic E-state index is 0.653. The number of aryl methyl sites for hydroxylation is 1. The van der Waals surface area contributed by atoms with E-state index in [9.17, 15) is 0 Å². The zero-order valence-electron chi connectivity index (χ0n) is 10.5. The molecule has 0 saturated heterocycles.